The fourth-order valence-electron chi connectivity index (χ4n) is 1.91. The Morgan fingerprint density at radius 3 is 2.65 bits per heavy atom. The Hall–Kier alpha value is -1.23. The third kappa shape index (κ3) is 4.40. The minimum Gasteiger partial charge on any atom is -0.491 e. The molecule has 2 aromatic rings. The summed E-state index contributed by atoms with van der Waals surface area (Å²) in [4.78, 5) is 0. The summed E-state index contributed by atoms with van der Waals surface area (Å²) >= 11 is 2.36. The van der Waals surface area contributed by atoms with E-state index >= 15 is 0 Å². The molecule has 2 rings (SSSR count). The molecule has 20 heavy (non-hydrogen) atoms. The van der Waals surface area contributed by atoms with Gasteiger partial charge in [0.05, 0.1) is 6.10 Å². The van der Waals surface area contributed by atoms with Crippen LogP contribution in [0.2, 0.25) is 0 Å². The molecule has 0 saturated carbocycles. The van der Waals surface area contributed by atoms with E-state index in [0.29, 0.717) is 0 Å². The average Bonchev–Trinajstić information content (AvgIpc) is 2.40. The van der Waals surface area contributed by atoms with Crippen LogP contribution < -0.4 is 10.1 Å². The molecule has 0 saturated heterocycles. The van der Waals surface area contributed by atoms with Crippen molar-refractivity contribution in [1.82, 2.24) is 0 Å². The Bertz CT molecular complexity index is 581. The van der Waals surface area contributed by atoms with Crippen molar-refractivity contribution in [2.75, 3.05) is 5.32 Å². The van der Waals surface area contributed by atoms with Crippen LogP contribution in [0, 0.1) is 10.5 Å². The molecule has 0 spiro atoms. The lowest BCUT2D eigenvalue weighted by molar-refractivity contribution is 0.242. The molecule has 0 bridgehead atoms. The Labute approximate surface area is 134 Å². The number of nitrogens with one attached hydrogen (secondary N) is 1. The number of rotatable bonds is 5. The molecule has 0 fully saturated rings. The maximum absolute atomic E-state index is 5.71. The van der Waals surface area contributed by atoms with Gasteiger partial charge in [-0.3, -0.25) is 0 Å². The van der Waals surface area contributed by atoms with Gasteiger partial charge in [0.25, 0.3) is 0 Å². The van der Waals surface area contributed by atoms with E-state index in [1.807, 2.05) is 26.0 Å². The monoisotopic (exact) mass is 381 g/mol. The molecule has 0 unspecified atom stereocenters. The summed E-state index contributed by atoms with van der Waals surface area (Å²) in [6, 6.07) is 14.7. The Morgan fingerprint density at radius 1 is 1.15 bits per heavy atom. The molecular formula is C17H20INO. The van der Waals surface area contributed by atoms with Crippen molar-refractivity contribution in [3.8, 4) is 5.75 Å². The molecule has 0 aromatic heterocycles. The molecule has 0 radical (unpaired) electrons. The third-order valence-electron chi connectivity index (χ3n) is 2.94. The van der Waals surface area contributed by atoms with Gasteiger partial charge in [0.15, 0.2) is 0 Å². The lowest BCUT2D eigenvalue weighted by Gasteiger charge is -2.12. The fraction of sp³-hybridized carbons (Fsp3) is 0.294. The van der Waals surface area contributed by atoms with Gasteiger partial charge in [0.1, 0.15) is 5.75 Å². The van der Waals surface area contributed by atoms with Crippen LogP contribution in [0.25, 0.3) is 0 Å². The minimum absolute atomic E-state index is 0.205. The molecule has 2 nitrogen and oxygen atoms in total. The highest BCUT2D eigenvalue weighted by Crippen LogP contribution is 2.19. The first kappa shape index (κ1) is 15.2. The zero-order valence-corrected chi connectivity index (χ0v) is 14.3. The molecular weight excluding hydrogens is 361 g/mol. The highest BCUT2D eigenvalue weighted by Gasteiger charge is 2.01. The highest BCUT2D eigenvalue weighted by atomic mass is 127. The van der Waals surface area contributed by atoms with Gasteiger partial charge in [0.2, 0.25) is 0 Å². The maximum Gasteiger partial charge on any atom is 0.120 e. The Morgan fingerprint density at radius 2 is 1.95 bits per heavy atom. The second-order valence-corrected chi connectivity index (χ2v) is 6.29. The number of aryl methyl sites for hydroxylation is 1. The molecule has 0 amide bonds. The van der Waals surface area contributed by atoms with Crippen LogP contribution in [-0.2, 0) is 6.54 Å². The number of halogens is 1. The van der Waals surface area contributed by atoms with Crippen molar-refractivity contribution >= 4 is 28.3 Å². The van der Waals surface area contributed by atoms with Crippen molar-refractivity contribution in [3.63, 3.8) is 0 Å². The standard InChI is InChI=1S/C17H20INO/c1-12(2)20-16-6-4-5-14(9-16)11-19-15-8-7-13(3)17(18)10-15/h4-10,12,19H,11H2,1-3H3. The quantitative estimate of drug-likeness (QED) is 0.736. The van der Waals surface area contributed by atoms with Crippen LogP contribution in [0.1, 0.15) is 25.0 Å². The van der Waals surface area contributed by atoms with Crippen LogP contribution in [0.3, 0.4) is 0 Å². The SMILES string of the molecule is Cc1ccc(NCc2cccc(OC(C)C)c2)cc1I. The van der Waals surface area contributed by atoms with E-state index < -0.39 is 0 Å². The second-order valence-electron chi connectivity index (χ2n) is 5.13. The van der Waals surface area contributed by atoms with E-state index in [1.165, 1.54) is 14.7 Å². The van der Waals surface area contributed by atoms with Crippen LogP contribution >= 0.6 is 22.6 Å². The van der Waals surface area contributed by atoms with Gasteiger partial charge in [-0.25, -0.2) is 0 Å². The second kappa shape index (κ2) is 6.97. The van der Waals surface area contributed by atoms with Gasteiger partial charge in [-0.15, -0.1) is 0 Å². The van der Waals surface area contributed by atoms with Crippen molar-refractivity contribution in [1.29, 1.82) is 0 Å². The van der Waals surface area contributed by atoms with Crippen molar-refractivity contribution in [3.05, 3.63) is 57.2 Å². The largest absolute Gasteiger partial charge is 0.491 e. The summed E-state index contributed by atoms with van der Waals surface area (Å²) in [6.45, 7) is 7.01. The lowest BCUT2D eigenvalue weighted by Crippen LogP contribution is -2.06. The summed E-state index contributed by atoms with van der Waals surface area (Å²) < 4.78 is 6.99. The van der Waals surface area contributed by atoms with E-state index in [2.05, 4.69) is 65.2 Å². The van der Waals surface area contributed by atoms with Gasteiger partial charge in [0, 0.05) is 15.8 Å². The summed E-state index contributed by atoms with van der Waals surface area (Å²) in [6.07, 6.45) is 0.205. The van der Waals surface area contributed by atoms with Crippen LogP contribution in [0.4, 0.5) is 5.69 Å². The maximum atomic E-state index is 5.71. The smallest absolute Gasteiger partial charge is 0.120 e. The molecule has 106 valence electrons. The van der Waals surface area contributed by atoms with Gasteiger partial charge < -0.3 is 10.1 Å². The lowest BCUT2D eigenvalue weighted by atomic mass is 10.2. The van der Waals surface area contributed by atoms with E-state index in [9.17, 15) is 0 Å². The van der Waals surface area contributed by atoms with Gasteiger partial charge in [-0.2, -0.15) is 0 Å². The first-order valence-electron chi connectivity index (χ1n) is 6.80. The van der Waals surface area contributed by atoms with Gasteiger partial charge >= 0.3 is 0 Å². The Kier molecular flexibility index (Phi) is 5.29. The minimum atomic E-state index is 0.205. The molecule has 0 aliphatic heterocycles. The first-order valence-corrected chi connectivity index (χ1v) is 7.88. The molecule has 0 heterocycles. The summed E-state index contributed by atoms with van der Waals surface area (Å²) in [7, 11) is 0. The van der Waals surface area contributed by atoms with E-state index in [4.69, 9.17) is 4.74 Å². The zero-order chi connectivity index (χ0) is 14.5. The van der Waals surface area contributed by atoms with E-state index in [1.54, 1.807) is 0 Å². The summed E-state index contributed by atoms with van der Waals surface area (Å²) in [5.41, 5.74) is 3.68. The topological polar surface area (TPSA) is 21.3 Å². The number of anilines is 1. The number of hydrogen-bond acceptors (Lipinski definition) is 2. The molecule has 2 aromatic carbocycles. The third-order valence-corrected chi connectivity index (χ3v) is 4.10. The summed E-state index contributed by atoms with van der Waals surface area (Å²) in [5.74, 6) is 0.929. The highest BCUT2D eigenvalue weighted by molar-refractivity contribution is 14.1. The van der Waals surface area contributed by atoms with Gasteiger partial charge in [-0.1, -0.05) is 18.2 Å². The van der Waals surface area contributed by atoms with Crippen LogP contribution in [0.15, 0.2) is 42.5 Å². The Balaban J connectivity index is 2.01. The first-order chi connectivity index (χ1) is 9.54. The molecule has 1 N–H and O–H groups in total. The molecule has 0 aliphatic carbocycles. The normalized spacial score (nSPS) is 10.7. The number of hydrogen-bond donors (Lipinski definition) is 1. The van der Waals surface area contributed by atoms with E-state index in [0.717, 1.165) is 18.0 Å². The van der Waals surface area contributed by atoms with Crippen LogP contribution in [0.5, 0.6) is 5.75 Å². The molecule has 0 atom stereocenters. The van der Waals surface area contributed by atoms with Crippen LogP contribution in [-0.4, -0.2) is 6.10 Å². The summed E-state index contributed by atoms with van der Waals surface area (Å²) in [5, 5.41) is 3.45. The zero-order valence-electron chi connectivity index (χ0n) is 12.1. The average molecular weight is 381 g/mol. The number of ether oxygens (including phenoxy) is 1. The van der Waals surface area contributed by atoms with E-state index in [-0.39, 0.29) is 6.10 Å². The van der Waals surface area contributed by atoms with Crippen molar-refractivity contribution in [2.24, 2.45) is 0 Å². The van der Waals surface area contributed by atoms with Crippen molar-refractivity contribution < 1.29 is 4.74 Å². The molecule has 3 heteroatoms. The fourth-order valence-corrected chi connectivity index (χ4v) is 2.42. The molecule has 0 aliphatic rings. The van der Waals surface area contributed by atoms with Crippen molar-refractivity contribution in [2.45, 2.75) is 33.4 Å². The van der Waals surface area contributed by atoms with Gasteiger partial charge in [-0.05, 0) is 78.8 Å². The predicted molar refractivity (Wildman–Crippen MR) is 93.4 cm³/mol. The predicted octanol–water partition coefficient (Wildman–Crippen LogP) is 5.00. The number of benzene rings is 2.